The number of aromatic hydroxyl groups is 2. The number of nitriles is 5. The summed E-state index contributed by atoms with van der Waals surface area (Å²) in [7, 11) is 0. The fourth-order valence-corrected chi connectivity index (χ4v) is 16.8. The lowest BCUT2D eigenvalue weighted by Crippen LogP contribution is -2.15. The number of amides is 5. The number of carbonyl (C=O) groups is 5. The summed E-state index contributed by atoms with van der Waals surface area (Å²) in [5, 5.41) is 86.6. The van der Waals surface area contributed by atoms with Crippen LogP contribution in [0, 0.1) is 103 Å². The lowest BCUT2D eigenvalue weighted by atomic mass is 9.91. The smallest absolute Gasteiger partial charge is 0.259 e. The first-order valence-corrected chi connectivity index (χ1v) is 46.6. The van der Waals surface area contributed by atoms with E-state index in [4.69, 9.17) is 122 Å². The third-order valence-electron chi connectivity index (χ3n) is 22.0. The predicted octanol–water partition coefficient (Wildman–Crippen LogP) is 30.6. The number of thiol groups is 1. The van der Waals surface area contributed by atoms with Crippen LogP contribution in [-0.2, 0) is 0 Å². The van der Waals surface area contributed by atoms with Gasteiger partial charge in [0.25, 0.3) is 29.5 Å². The highest BCUT2D eigenvalue weighted by Crippen LogP contribution is 2.42. The van der Waals surface area contributed by atoms with Crippen molar-refractivity contribution in [3.8, 4) is 41.8 Å². The van der Waals surface area contributed by atoms with Gasteiger partial charge in [-0.1, -0.05) is 249 Å². The third kappa shape index (κ3) is 28.0. The maximum atomic E-state index is 13.4. The van der Waals surface area contributed by atoms with Crippen LogP contribution in [0.3, 0.4) is 0 Å². The number of nitrogen functional groups attached to an aromatic ring is 1. The Hall–Kier alpha value is -14.4. The zero-order valence-corrected chi connectivity index (χ0v) is 83.4. The summed E-state index contributed by atoms with van der Waals surface area (Å²) < 4.78 is 26.7. The van der Waals surface area contributed by atoms with E-state index in [0.29, 0.717) is 129 Å². The number of aryl methyl sites for hydroxylation is 5. The second-order valence-electron chi connectivity index (χ2n) is 31.6. The van der Waals surface area contributed by atoms with Crippen LogP contribution in [0.1, 0.15) is 165 Å². The van der Waals surface area contributed by atoms with E-state index in [9.17, 15) is 69.3 Å². The molecular formula is C110H79Cl10F2N11O7S. The van der Waals surface area contributed by atoms with Gasteiger partial charge in [-0.05, 0) is 282 Å². The highest BCUT2D eigenvalue weighted by atomic mass is 35.5. The summed E-state index contributed by atoms with van der Waals surface area (Å²) >= 11 is 66.2. The van der Waals surface area contributed by atoms with E-state index >= 15 is 0 Å². The summed E-state index contributed by atoms with van der Waals surface area (Å²) in [6.07, 6.45) is 0. The van der Waals surface area contributed by atoms with Gasteiger partial charge >= 0.3 is 0 Å². The van der Waals surface area contributed by atoms with E-state index < -0.39 is 58.9 Å². The average Bonchev–Trinajstić information content (AvgIpc) is 0.811. The van der Waals surface area contributed by atoms with Crippen molar-refractivity contribution in [2.75, 3.05) is 32.3 Å². The zero-order valence-electron chi connectivity index (χ0n) is 74.9. The second-order valence-corrected chi connectivity index (χ2v) is 36.3. The van der Waals surface area contributed by atoms with Gasteiger partial charge in [-0.2, -0.15) is 26.3 Å². The number of nitrogens with two attached hydrogens (primary N) is 1. The normalized spacial score (nSPS) is 11.5. The van der Waals surface area contributed by atoms with Crippen molar-refractivity contribution in [3.63, 3.8) is 0 Å². The molecule has 0 spiro atoms. The Labute approximate surface area is 868 Å². The van der Waals surface area contributed by atoms with Gasteiger partial charge in [0.15, 0.2) is 0 Å². The highest BCUT2D eigenvalue weighted by molar-refractivity contribution is 7.80. The first kappa shape index (κ1) is 107. The topological polar surface area (TPSA) is 331 Å². The van der Waals surface area contributed by atoms with Crippen molar-refractivity contribution in [1.29, 1.82) is 26.3 Å². The quantitative estimate of drug-likeness (QED) is 0.0253. The number of nitrogens with zero attached hydrogens (tertiary/aromatic N) is 5. The largest absolute Gasteiger partial charge is 0.507 e. The molecule has 0 aliphatic heterocycles. The summed E-state index contributed by atoms with van der Waals surface area (Å²) in [5.41, 5.74) is 20.7. The van der Waals surface area contributed by atoms with Gasteiger partial charge < -0.3 is 42.5 Å². The minimum Gasteiger partial charge on any atom is -0.507 e. The van der Waals surface area contributed by atoms with Crippen LogP contribution < -0.4 is 32.3 Å². The maximum Gasteiger partial charge on any atom is 0.259 e. The lowest BCUT2D eigenvalue weighted by Gasteiger charge is -2.16. The van der Waals surface area contributed by atoms with Crippen LogP contribution >= 0.6 is 129 Å². The molecule has 31 heteroatoms. The molecule has 0 bridgehead atoms. The number of anilines is 6. The van der Waals surface area contributed by atoms with Gasteiger partial charge in [0, 0.05) is 94.8 Å². The Morgan fingerprint density at radius 1 is 0.291 bits per heavy atom. The Kier molecular flexibility index (Phi) is 37.9. The van der Waals surface area contributed by atoms with Crippen molar-refractivity contribution in [3.05, 3.63) is 470 Å². The van der Waals surface area contributed by atoms with Gasteiger partial charge in [-0.25, -0.2) is 8.78 Å². The van der Waals surface area contributed by atoms with Crippen LogP contribution in [0.5, 0.6) is 11.5 Å². The third-order valence-corrected chi connectivity index (χ3v) is 25.3. The van der Waals surface area contributed by atoms with Gasteiger partial charge in [-0.15, -0.1) is 12.6 Å². The number of benzene rings is 15. The Bertz CT molecular complexity index is 7050. The van der Waals surface area contributed by atoms with Gasteiger partial charge in [-0.3, -0.25) is 24.0 Å². The van der Waals surface area contributed by atoms with Gasteiger partial charge in [0.05, 0.1) is 82.2 Å². The molecule has 15 aromatic rings. The number of hydrogen-bond donors (Lipinski definition) is 9. The van der Waals surface area contributed by atoms with Crippen LogP contribution in [0.25, 0.3) is 0 Å². The van der Waals surface area contributed by atoms with E-state index in [-0.39, 0.29) is 45.0 Å². The van der Waals surface area contributed by atoms with Crippen molar-refractivity contribution in [2.45, 2.75) is 69.1 Å². The van der Waals surface area contributed by atoms with Crippen LogP contribution in [0.15, 0.2) is 302 Å². The summed E-state index contributed by atoms with van der Waals surface area (Å²) in [6, 6.07) is 92.1. The monoisotopic (exact) mass is 2090 g/mol. The molecule has 5 amide bonds. The molecule has 15 rings (SSSR count). The molecule has 9 N–H and O–H groups in total. The first-order chi connectivity index (χ1) is 67.4. The molecule has 0 aromatic heterocycles. The van der Waals surface area contributed by atoms with Crippen LogP contribution in [0.4, 0.5) is 42.9 Å². The molecule has 15 aromatic carbocycles. The standard InChI is InChI=1S/C22H15Cl2FN2O2.C22H15Cl2FN2O.C22H17Cl2N3O.C22H16Cl2N2O2.C22H16Cl2N2OS/c1-12-8-16(18(11-26)13-2-4-14(23)5-3-13)19(24)10-20(12)27-22(29)17-9-15(25)6-7-21(17)28;1-13-9-18(19(12-26)14-5-7-16(23)8-6-14)20(24)11-21(13)27-22(28)15-3-2-4-17(25)10-15;1-13-10-17(18(12-25)14-6-8-15(23)9-7-14)19(24)11-21(13)27-22(28)16-4-2-3-5-20(16)26;1-13-10-17(18(12-25)14-6-8-15(23)9-7-14)19(24)11-20(13)26-22(28)16-4-2-3-5-21(16)27;1-13-10-17(18(12-25)14-6-8-15(23)9-7-14)19(24)11-20(13)26-22(27)16-4-2-3-5-21(16)28/h2-10,18,28H,1H3,(H,27,29);2-11,19H,1H3,(H,27,28);2-11,18H,26H2,1H3,(H,27,28);2-11,18,27H,1H3,(H,26,28);2-11,18,28H,1H3,(H,26,27). The minimum atomic E-state index is -0.677. The highest BCUT2D eigenvalue weighted by Gasteiger charge is 2.28. The van der Waals surface area contributed by atoms with E-state index in [1.165, 1.54) is 36.4 Å². The van der Waals surface area contributed by atoms with E-state index in [0.717, 1.165) is 74.3 Å². The molecule has 706 valence electrons. The molecule has 0 aliphatic carbocycles. The molecule has 0 heterocycles. The summed E-state index contributed by atoms with van der Waals surface area (Å²) in [4.78, 5) is 62.9. The number of para-hydroxylation sites is 2. The molecule has 0 aliphatic rings. The zero-order chi connectivity index (χ0) is 102. The molecule has 5 atom stereocenters. The number of nitrogens with one attached hydrogen (secondary N) is 5. The van der Waals surface area contributed by atoms with Crippen molar-refractivity contribution in [2.24, 2.45) is 0 Å². The van der Waals surface area contributed by atoms with Gasteiger partial charge in [0.2, 0.25) is 0 Å². The lowest BCUT2D eigenvalue weighted by molar-refractivity contribution is 0.101. The van der Waals surface area contributed by atoms with Crippen molar-refractivity contribution in [1.82, 2.24) is 0 Å². The molecule has 0 fully saturated rings. The fraction of sp³-hybridized carbons (Fsp3) is 0.0909. The first-order valence-electron chi connectivity index (χ1n) is 42.4. The van der Waals surface area contributed by atoms with E-state index in [1.807, 2.05) is 39.0 Å². The number of phenols is 2. The molecule has 0 saturated carbocycles. The number of phenolic OH excluding ortho intramolecular Hbond substituents is 2. The van der Waals surface area contributed by atoms with Crippen molar-refractivity contribution >= 4 is 192 Å². The molecule has 5 unspecified atom stereocenters. The van der Waals surface area contributed by atoms with E-state index in [2.05, 4.69) is 69.6 Å². The maximum absolute atomic E-state index is 13.4. The molecule has 0 radical (unpaired) electrons. The predicted molar refractivity (Wildman–Crippen MR) is 562 cm³/mol. The van der Waals surface area contributed by atoms with Crippen LogP contribution in [0.2, 0.25) is 50.2 Å². The molecule has 141 heavy (non-hydrogen) atoms. The SMILES string of the molecule is Cc1cc(C(C#N)c2ccc(Cl)cc2)c(Cl)cc1NC(=O)c1cc(F)ccc1O.Cc1cc(C(C#N)c2ccc(Cl)cc2)c(Cl)cc1NC(=O)c1cccc(F)c1.Cc1cc(C(C#N)c2ccc(Cl)cc2)c(Cl)cc1NC(=O)c1ccccc1N.Cc1cc(C(C#N)c2ccc(Cl)cc2)c(Cl)cc1NC(=O)c1ccccc1O.Cc1cc(C(C#N)c2ccc(Cl)cc2)c(Cl)cc1NC(=O)c1ccccc1S. The second kappa shape index (κ2) is 49.9. The summed E-state index contributed by atoms with van der Waals surface area (Å²) in [5.74, 6) is -6.56. The number of halogens is 12. The minimum absolute atomic E-state index is 0.104. The Morgan fingerprint density at radius 2 is 0.546 bits per heavy atom. The van der Waals surface area contributed by atoms with Crippen molar-refractivity contribution < 1.29 is 43.0 Å². The fourth-order valence-electron chi connectivity index (χ4n) is 14.5. The number of carbonyl (C=O) groups excluding carboxylic acids is 5. The molecular weight excluding hydrogens is 2010 g/mol. The average molecular weight is 2090 g/mol. The Balaban J connectivity index is 0.000000168. The molecule has 18 nitrogen and oxygen atoms in total. The summed E-state index contributed by atoms with van der Waals surface area (Å²) in [6.45, 7) is 9.07. The van der Waals surface area contributed by atoms with E-state index in [1.54, 1.807) is 232 Å². The number of rotatable bonds is 20. The number of hydrogen-bond acceptors (Lipinski definition) is 14. The van der Waals surface area contributed by atoms with Crippen LogP contribution in [-0.4, -0.2) is 39.7 Å². The van der Waals surface area contributed by atoms with Gasteiger partial charge in [0.1, 0.15) is 23.1 Å². The Morgan fingerprint density at radius 3 is 0.844 bits per heavy atom. The molecule has 0 saturated heterocycles.